The Balaban J connectivity index is 1.63. The molecule has 2 heterocycles. The van der Waals surface area contributed by atoms with Crippen LogP contribution in [0.15, 0.2) is 24.3 Å². The average Bonchev–Trinajstić information content (AvgIpc) is 2.87. The molecule has 3 atom stereocenters. The van der Waals surface area contributed by atoms with Crippen molar-refractivity contribution in [2.45, 2.75) is 37.3 Å². The third-order valence-electron chi connectivity index (χ3n) is 4.56. The summed E-state index contributed by atoms with van der Waals surface area (Å²) in [6.07, 6.45) is 4.32. The Morgan fingerprint density at radius 1 is 1.50 bits per heavy atom. The van der Waals surface area contributed by atoms with Crippen LogP contribution in [0.1, 0.15) is 24.8 Å². The number of thioether (sulfide) groups is 1. The highest BCUT2D eigenvalue weighted by Crippen LogP contribution is 2.41. The summed E-state index contributed by atoms with van der Waals surface area (Å²) in [7, 11) is 0. The van der Waals surface area contributed by atoms with Crippen molar-refractivity contribution >= 4 is 23.4 Å². The highest BCUT2D eigenvalue weighted by molar-refractivity contribution is 7.99. The van der Waals surface area contributed by atoms with Gasteiger partial charge in [-0.15, -0.1) is 0 Å². The van der Waals surface area contributed by atoms with Crippen LogP contribution in [0.5, 0.6) is 0 Å². The van der Waals surface area contributed by atoms with E-state index in [4.69, 9.17) is 22.1 Å². The largest absolute Gasteiger partial charge is 0.374 e. The molecule has 20 heavy (non-hydrogen) atoms. The van der Waals surface area contributed by atoms with E-state index in [2.05, 4.69) is 6.07 Å². The third kappa shape index (κ3) is 3.33. The molecule has 1 spiro atoms. The molecule has 0 radical (unpaired) electrons. The Labute approximate surface area is 130 Å². The Morgan fingerprint density at radius 3 is 3.15 bits per heavy atom. The van der Waals surface area contributed by atoms with Gasteiger partial charge in [0.25, 0.3) is 0 Å². The molecule has 3 rings (SSSR count). The smallest absolute Gasteiger partial charge is 0.0783 e. The maximum Gasteiger partial charge on any atom is 0.0783 e. The van der Waals surface area contributed by atoms with Crippen LogP contribution >= 0.6 is 23.4 Å². The van der Waals surface area contributed by atoms with Gasteiger partial charge >= 0.3 is 0 Å². The minimum atomic E-state index is 0.125. The van der Waals surface area contributed by atoms with Crippen molar-refractivity contribution in [1.29, 1.82) is 0 Å². The fourth-order valence-electron chi connectivity index (χ4n) is 3.40. The summed E-state index contributed by atoms with van der Waals surface area (Å²) in [5.74, 6) is 2.95. The molecule has 2 N–H and O–H groups in total. The molecule has 2 nitrogen and oxygen atoms in total. The molecule has 110 valence electrons. The number of nitrogens with two attached hydrogens (primary N) is 1. The molecular formula is C16H22ClNOS. The molecule has 2 saturated heterocycles. The van der Waals surface area contributed by atoms with E-state index in [0.717, 1.165) is 36.6 Å². The number of ether oxygens (including phenoxy) is 1. The van der Waals surface area contributed by atoms with Gasteiger partial charge in [0.15, 0.2) is 0 Å². The maximum atomic E-state index is 6.48. The zero-order valence-corrected chi connectivity index (χ0v) is 13.3. The van der Waals surface area contributed by atoms with E-state index in [-0.39, 0.29) is 11.6 Å². The summed E-state index contributed by atoms with van der Waals surface area (Å²) in [6, 6.07) is 8.27. The minimum absolute atomic E-state index is 0.125. The Hall–Kier alpha value is -0.220. The zero-order chi connectivity index (χ0) is 14.0. The first kappa shape index (κ1) is 14.7. The van der Waals surface area contributed by atoms with Crippen LogP contribution in [0, 0.1) is 5.92 Å². The van der Waals surface area contributed by atoms with E-state index in [1.165, 1.54) is 17.7 Å². The van der Waals surface area contributed by atoms with Gasteiger partial charge in [0.1, 0.15) is 0 Å². The van der Waals surface area contributed by atoms with Crippen molar-refractivity contribution in [3.8, 4) is 0 Å². The van der Waals surface area contributed by atoms with Crippen LogP contribution in [-0.4, -0.2) is 29.8 Å². The quantitative estimate of drug-likeness (QED) is 0.927. The molecule has 3 unspecified atom stereocenters. The lowest BCUT2D eigenvalue weighted by Gasteiger charge is -2.40. The maximum absolute atomic E-state index is 6.48. The molecule has 0 aromatic heterocycles. The molecular weight excluding hydrogens is 290 g/mol. The second-order valence-corrected chi connectivity index (χ2v) is 7.63. The Kier molecular flexibility index (Phi) is 4.61. The summed E-state index contributed by atoms with van der Waals surface area (Å²) >= 11 is 8.06. The van der Waals surface area contributed by atoms with E-state index >= 15 is 0 Å². The number of halogens is 1. The third-order valence-corrected chi connectivity index (χ3v) is 6.02. The molecule has 0 bridgehead atoms. The van der Waals surface area contributed by atoms with Crippen molar-refractivity contribution in [2.24, 2.45) is 11.7 Å². The van der Waals surface area contributed by atoms with Crippen molar-refractivity contribution in [2.75, 3.05) is 18.1 Å². The lowest BCUT2D eigenvalue weighted by molar-refractivity contribution is -0.0831. The van der Waals surface area contributed by atoms with Gasteiger partial charge in [-0.2, -0.15) is 11.8 Å². The second kappa shape index (κ2) is 6.27. The molecule has 0 aliphatic carbocycles. The Bertz CT molecular complexity index is 462. The first-order valence-corrected chi connectivity index (χ1v) is 8.92. The number of benzene rings is 1. The summed E-state index contributed by atoms with van der Waals surface area (Å²) in [5.41, 5.74) is 7.84. The van der Waals surface area contributed by atoms with Crippen molar-refractivity contribution < 1.29 is 4.74 Å². The lowest BCUT2D eigenvalue weighted by atomic mass is 9.80. The predicted octanol–water partition coefficient (Wildman–Crippen LogP) is 3.51. The normalized spacial score (nSPS) is 31.6. The number of hydrogen-bond donors (Lipinski definition) is 1. The van der Waals surface area contributed by atoms with Gasteiger partial charge in [-0.05, 0) is 55.1 Å². The molecule has 4 heteroatoms. The zero-order valence-electron chi connectivity index (χ0n) is 11.7. The van der Waals surface area contributed by atoms with E-state index in [1.54, 1.807) is 0 Å². The van der Waals surface area contributed by atoms with Gasteiger partial charge in [0.2, 0.25) is 0 Å². The van der Waals surface area contributed by atoms with Gasteiger partial charge in [0, 0.05) is 23.4 Å². The predicted molar refractivity (Wildman–Crippen MR) is 86.5 cm³/mol. The average molecular weight is 312 g/mol. The molecule has 1 aromatic carbocycles. The second-order valence-electron chi connectivity index (χ2n) is 6.08. The summed E-state index contributed by atoms with van der Waals surface area (Å²) in [5, 5.41) is 0.797. The SMILES string of the molecule is NC(Cc1cccc(Cl)c1)C1CCOC2(CCSC2)C1. The molecule has 0 saturated carbocycles. The molecule has 2 aliphatic heterocycles. The van der Waals surface area contributed by atoms with Crippen LogP contribution in [0.4, 0.5) is 0 Å². The van der Waals surface area contributed by atoms with Gasteiger partial charge in [-0.1, -0.05) is 23.7 Å². The molecule has 1 aromatic rings. The standard InChI is InChI=1S/C16H22ClNOS/c17-14-3-1-2-12(8-14)9-15(18)13-4-6-19-16(10-13)5-7-20-11-16/h1-3,8,13,15H,4-7,9-11,18H2. The lowest BCUT2D eigenvalue weighted by Crippen LogP contribution is -2.46. The van der Waals surface area contributed by atoms with Gasteiger partial charge < -0.3 is 10.5 Å². The monoisotopic (exact) mass is 311 g/mol. The van der Waals surface area contributed by atoms with Crippen molar-refractivity contribution in [1.82, 2.24) is 0 Å². The number of rotatable bonds is 3. The van der Waals surface area contributed by atoms with Crippen molar-refractivity contribution in [3.05, 3.63) is 34.9 Å². The fraction of sp³-hybridized carbons (Fsp3) is 0.625. The van der Waals surface area contributed by atoms with Gasteiger partial charge in [-0.3, -0.25) is 0 Å². The van der Waals surface area contributed by atoms with Gasteiger partial charge in [0.05, 0.1) is 5.60 Å². The highest BCUT2D eigenvalue weighted by Gasteiger charge is 2.41. The molecule has 2 fully saturated rings. The number of hydrogen-bond acceptors (Lipinski definition) is 3. The van der Waals surface area contributed by atoms with Crippen molar-refractivity contribution in [3.63, 3.8) is 0 Å². The topological polar surface area (TPSA) is 35.2 Å². The molecule has 0 amide bonds. The molecule has 2 aliphatic rings. The van der Waals surface area contributed by atoms with Gasteiger partial charge in [-0.25, -0.2) is 0 Å². The van der Waals surface area contributed by atoms with Crippen LogP contribution < -0.4 is 5.73 Å². The van der Waals surface area contributed by atoms with Crippen LogP contribution in [0.3, 0.4) is 0 Å². The summed E-state index contributed by atoms with van der Waals surface area (Å²) < 4.78 is 6.08. The van der Waals surface area contributed by atoms with E-state index < -0.39 is 0 Å². The first-order chi connectivity index (χ1) is 9.67. The fourth-order valence-corrected chi connectivity index (χ4v) is 4.99. The minimum Gasteiger partial charge on any atom is -0.374 e. The highest BCUT2D eigenvalue weighted by atomic mass is 35.5. The van der Waals surface area contributed by atoms with E-state index in [1.807, 2.05) is 30.0 Å². The summed E-state index contributed by atoms with van der Waals surface area (Å²) in [6.45, 7) is 0.870. The van der Waals surface area contributed by atoms with Crippen LogP contribution in [-0.2, 0) is 11.2 Å². The van der Waals surface area contributed by atoms with Crippen LogP contribution in [0.25, 0.3) is 0 Å². The Morgan fingerprint density at radius 2 is 2.40 bits per heavy atom. The van der Waals surface area contributed by atoms with E-state index in [9.17, 15) is 0 Å². The summed E-state index contributed by atoms with van der Waals surface area (Å²) in [4.78, 5) is 0. The first-order valence-electron chi connectivity index (χ1n) is 7.39. The van der Waals surface area contributed by atoms with Crippen LogP contribution in [0.2, 0.25) is 5.02 Å². The van der Waals surface area contributed by atoms with E-state index in [0.29, 0.717) is 5.92 Å².